The van der Waals surface area contributed by atoms with Gasteiger partial charge in [0.15, 0.2) is 12.1 Å². The molecular formula is C25H44N2O9. The first-order valence-corrected chi connectivity index (χ1v) is 12.3. The van der Waals surface area contributed by atoms with Crippen LogP contribution in [-0.4, -0.2) is 110 Å². The van der Waals surface area contributed by atoms with Gasteiger partial charge in [-0.25, -0.2) is 9.59 Å². The normalized spacial score (nSPS) is 21.2. The zero-order valence-corrected chi connectivity index (χ0v) is 22.7. The second-order valence-corrected chi connectivity index (χ2v) is 10.7. The minimum atomic E-state index is -0.534. The summed E-state index contributed by atoms with van der Waals surface area (Å²) in [6.07, 6.45) is 0.627. The Morgan fingerprint density at radius 2 is 1.39 bits per heavy atom. The fraction of sp³-hybridized carbons (Fsp3) is 0.800. The largest absolute Gasteiger partial charge is 0.444 e. The van der Waals surface area contributed by atoms with Crippen molar-refractivity contribution in [2.75, 3.05) is 59.2 Å². The van der Waals surface area contributed by atoms with Crippen LogP contribution in [0.3, 0.4) is 0 Å². The lowest BCUT2D eigenvalue weighted by molar-refractivity contribution is -0.122. The standard InChI is InChI=1S/C11H19NO3.C10H17NO4.C4H8O2/c1-9-7-12(5-6-14-8-9)10(13)15-11(2,3)4;1-10(2,3)15-9(13)11-4-5-14-7-8(12)6-11;5-4-2-1-3-6-4/h1,5-8H2,2-4H3;4-7H2,1-3H3;4-5H,1-3H2. The first-order valence-electron chi connectivity index (χ1n) is 12.3. The minimum absolute atomic E-state index is 0.0783. The summed E-state index contributed by atoms with van der Waals surface area (Å²) in [4.78, 5) is 37.5. The number of aliphatic hydroxyl groups is 1. The summed E-state index contributed by atoms with van der Waals surface area (Å²) in [5, 5.41) is 8.51. The van der Waals surface area contributed by atoms with Crippen LogP contribution < -0.4 is 0 Å². The molecule has 1 N–H and O–H groups in total. The van der Waals surface area contributed by atoms with Gasteiger partial charge in [-0.3, -0.25) is 9.69 Å². The van der Waals surface area contributed by atoms with Crippen LogP contribution in [-0.2, 0) is 28.5 Å². The summed E-state index contributed by atoms with van der Waals surface area (Å²) < 4.78 is 25.4. The number of carbonyl (C=O) groups excluding carboxylic acids is 3. The smallest absolute Gasteiger partial charge is 0.410 e. The molecule has 0 aromatic carbocycles. The van der Waals surface area contributed by atoms with Gasteiger partial charge in [-0.2, -0.15) is 0 Å². The van der Waals surface area contributed by atoms with E-state index in [2.05, 4.69) is 6.58 Å². The summed E-state index contributed by atoms with van der Waals surface area (Å²) in [6.45, 7) is 18.6. The number of carbonyl (C=O) groups is 3. The lowest BCUT2D eigenvalue weighted by atomic mass is 10.2. The maximum atomic E-state index is 11.7. The van der Waals surface area contributed by atoms with E-state index in [0.29, 0.717) is 39.5 Å². The quantitative estimate of drug-likeness (QED) is 0.484. The Balaban J connectivity index is 0.000000293. The summed E-state index contributed by atoms with van der Waals surface area (Å²) in [5.74, 6) is -0.0987. The van der Waals surface area contributed by atoms with E-state index in [9.17, 15) is 14.4 Å². The van der Waals surface area contributed by atoms with E-state index in [-0.39, 0.29) is 25.0 Å². The van der Waals surface area contributed by atoms with Gasteiger partial charge in [0.05, 0.1) is 26.4 Å². The van der Waals surface area contributed by atoms with Crippen molar-refractivity contribution in [3.8, 4) is 0 Å². The average Bonchev–Trinajstić information content (AvgIpc) is 2.97. The highest BCUT2D eigenvalue weighted by molar-refractivity contribution is 5.85. The minimum Gasteiger partial charge on any atom is -0.444 e. The Morgan fingerprint density at radius 3 is 1.81 bits per heavy atom. The third kappa shape index (κ3) is 15.0. The van der Waals surface area contributed by atoms with Crippen LogP contribution in [0.25, 0.3) is 0 Å². The van der Waals surface area contributed by atoms with Crippen molar-refractivity contribution in [3.63, 3.8) is 0 Å². The SMILES string of the molecule is C=C1COCCN(C(=O)OC(C)(C)C)C1.CC(C)(C)OC(=O)N1CCOCC(=O)C1.OC1CCCO1. The summed E-state index contributed by atoms with van der Waals surface area (Å²) in [7, 11) is 0. The number of ether oxygens (including phenoxy) is 5. The zero-order chi connectivity index (χ0) is 27.4. The molecule has 0 aromatic rings. The molecule has 3 rings (SSSR count). The molecule has 0 saturated carbocycles. The molecule has 11 nitrogen and oxygen atoms in total. The molecule has 1 atom stereocenters. The Hall–Kier alpha value is -2.21. The Kier molecular flexibility index (Phi) is 13.4. The van der Waals surface area contributed by atoms with Gasteiger partial charge in [-0.1, -0.05) is 6.58 Å². The van der Waals surface area contributed by atoms with Crippen LogP contribution in [0.15, 0.2) is 12.2 Å². The van der Waals surface area contributed by atoms with E-state index in [1.165, 1.54) is 4.90 Å². The van der Waals surface area contributed by atoms with Gasteiger partial charge in [-0.15, -0.1) is 0 Å². The van der Waals surface area contributed by atoms with Gasteiger partial charge in [0.25, 0.3) is 0 Å². The molecule has 0 aromatic heterocycles. The molecule has 0 radical (unpaired) electrons. The van der Waals surface area contributed by atoms with Gasteiger partial charge in [0, 0.05) is 32.7 Å². The van der Waals surface area contributed by atoms with Gasteiger partial charge >= 0.3 is 12.2 Å². The van der Waals surface area contributed by atoms with E-state index in [1.54, 1.807) is 25.7 Å². The van der Waals surface area contributed by atoms with Crippen molar-refractivity contribution in [1.82, 2.24) is 9.80 Å². The van der Waals surface area contributed by atoms with Crippen molar-refractivity contribution in [2.45, 2.75) is 71.9 Å². The van der Waals surface area contributed by atoms with Crippen LogP contribution in [0.5, 0.6) is 0 Å². The van der Waals surface area contributed by atoms with Gasteiger partial charge in [0.1, 0.15) is 17.8 Å². The summed E-state index contributed by atoms with van der Waals surface area (Å²) in [6, 6.07) is 0. The molecule has 0 bridgehead atoms. The van der Waals surface area contributed by atoms with Crippen molar-refractivity contribution >= 4 is 18.0 Å². The highest BCUT2D eigenvalue weighted by Crippen LogP contribution is 2.13. The van der Waals surface area contributed by atoms with E-state index in [4.69, 9.17) is 28.8 Å². The molecule has 208 valence electrons. The Bertz CT molecular complexity index is 668. The number of amides is 2. The average molecular weight is 517 g/mol. The maximum absolute atomic E-state index is 11.7. The van der Waals surface area contributed by atoms with E-state index in [1.807, 2.05) is 20.8 Å². The molecule has 3 fully saturated rings. The van der Waals surface area contributed by atoms with Crippen LogP contribution in [0.4, 0.5) is 9.59 Å². The van der Waals surface area contributed by atoms with Crippen molar-refractivity contribution in [3.05, 3.63) is 12.2 Å². The molecule has 0 spiro atoms. The second kappa shape index (κ2) is 15.1. The van der Waals surface area contributed by atoms with Crippen molar-refractivity contribution in [1.29, 1.82) is 0 Å². The molecule has 11 heteroatoms. The predicted octanol–water partition coefficient (Wildman–Crippen LogP) is 2.75. The lowest BCUT2D eigenvalue weighted by Gasteiger charge is -2.26. The van der Waals surface area contributed by atoms with Gasteiger partial charge < -0.3 is 33.7 Å². The Morgan fingerprint density at radius 1 is 0.889 bits per heavy atom. The number of ketones is 1. The topological polar surface area (TPSA) is 124 Å². The van der Waals surface area contributed by atoms with Crippen molar-refractivity contribution < 1.29 is 43.2 Å². The fourth-order valence-electron chi connectivity index (χ4n) is 3.01. The molecule has 3 heterocycles. The molecule has 1 unspecified atom stereocenters. The predicted molar refractivity (Wildman–Crippen MR) is 133 cm³/mol. The summed E-state index contributed by atoms with van der Waals surface area (Å²) in [5.41, 5.74) is -0.0860. The molecule has 2 amide bonds. The third-order valence-electron chi connectivity index (χ3n) is 4.57. The number of aliphatic hydroxyl groups excluding tert-OH is 1. The number of hydrogen-bond donors (Lipinski definition) is 1. The Labute approximate surface area is 214 Å². The maximum Gasteiger partial charge on any atom is 0.410 e. The highest BCUT2D eigenvalue weighted by atomic mass is 16.6. The van der Waals surface area contributed by atoms with E-state index < -0.39 is 23.6 Å². The zero-order valence-electron chi connectivity index (χ0n) is 22.7. The fourth-order valence-corrected chi connectivity index (χ4v) is 3.01. The molecule has 36 heavy (non-hydrogen) atoms. The van der Waals surface area contributed by atoms with Crippen LogP contribution in [0, 0.1) is 0 Å². The van der Waals surface area contributed by atoms with E-state index in [0.717, 1.165) is 25.0 Å². The third-order valence-corrected chi connectivity index (χ3v) is 4.57. The van der Waals surface area contributed by atoms with Crippen LogP contribution >= 0.6 is 0 Å². The number of hydrogen-bond acceptors (Lipinski definition) is 9. The lowest BCUT2D eigenvalue weighted by Crippen LogP contribution is -2.40. The second-order valence-electron chi connectivity index (χ2n) is 10.7. The monoisotopic (exact) mass is 516 g/mol. The van der Waals surface area contributed by atoms with Crippen LogP contribution in [0.1, 0.15) is 54.4 Å². The van der Waals surface area contributed by atoms with Crippen molar-refractivity contribution in [2.24, 2.45) is 0 Å². The van der Waals surface area contributed by atoms with E-state index >= 15 is 0 Å². The van der Waals surface area contributed by atoms with Crippen LogP contribution in [0.2, 0.25) is 0 Å². The molecular weight excluding hydrogens is 472 g/mol. The molecule has 0 aliphatic carbocycles. The van der Waals surface area contributed by atoms with Gasteiger partial charge in [-0.05, 0) is 53.5 Å². The number of Topliss-reactive ketones (excluding diaryl/α,β-unsaturated/α-hetero) is 1. The molecule has 3 saturated heterocycles. The highest BCUT2D eigenvalue weighted by Gasteiger charge is 2.26. The van der Waals surface area contributed by atoms with Gasteiger partial charge in [0.2, 0.25) is 0 Å². The first kappa shape index (κ1) is 31.8. The molecule has 3 aliphatic heterocycles. The number of rotatable bonds is 0. The first-order chi connectivity index (χ1) is 16.7. The molecule has 3 aliphatic rings. The number of nitrogens with zero attached hydrogens (tertiary/aromatic N) is 2. The summed E-state index contributed by atoms with van der Waals surface area (Å²) >= 11 is 0.